The third kappa shape index (κ3) is 3.11. The second-order valence-electron chi connectivity index (χ2n) is 6.74. The third-order valence-corrected chi connectivity index (χ3v) is 5.11. The monoisotopic (exact) mass is 347 g/mol. The van der Waals surface area contributed by atoms with Crippen LogP contribution >= 0.6 is 0 Å². The van der Waals surface area contributed by atoms with E-state index in [2.05, 4.69) is 59.3 Å². The maximum atomic E-state index is 13.7. The summed E-state index contributed by atoms with van der Waals surface area (Å²) in [6, 6.07) is 22.4. The van der Waals surface area contributed by atoms with Crippen molar-refractivity contribution in [3.63, 3.8) is 0 Å². The smallest absolute Gasteiger partial charge is 0.126 e. The van der Waals surface area contributed by atoms with Gasteiger partial charge in [-0.2, -0.15) is 0 Å². The molecule has 0 spiro atoms. The molecule has 0 fully saturated rings. The van der Waals surface area contributed by atoms with Crippen LogP contribution in [0.2, 0.25) is 0 Å². The van der Waals surface area contributed by atoms with Gasteiger partial charge >= 0.3 is 0 Å². The summed E-state index contributed by atoms with van der Waals surface area (Å²) in [6.45, 7) is 4.96. The number of benzene rings is 3. The Morgan fingerprint density at radius 1 is 0.885 bits per heavy atom. The molecule has 4 aromatic rings. The van der Waals surface area contributed by atoms with Gasteiger partial charge in [-0.15, -0.1) is 0 Å². The largest absolute Gasteiger partial charge is 0.342 e. The molecule has 2 N–H and O–H groups in total. The van der Waals surface area contributed by atoms with Crippen LogP contribution < -0.4 is 5.32 Å². The van der Waals surface area contributed by atoms with Gasteiger partial charge in [0, 0.05) is 40.3 Å². The molecule has 0 aliphatic carbocycles. The number of aryl methyl sites for hydroxylation is 1. The van der Waals surface area contributed by atoms with Gasteiger partial charge in [0.2, 0.25) is 0 Å². The van der Waals surface area contributed by atoms with Crippen molar-refractivity contribution in [2.45, 2.75) is 26.4 Å². The van der Waals surface area contributed by atoms with Crippen molar-refractivity contribution in [2.24, 2.45) is 0 Å². The number of para-hydroxylation sites is 1. The SMILES string of the molecule is CCn1c2ccccc2c2cc(C[NH2+]CCc3ccccc3F)ccc21. The first kappa shape index (κ1) is 16.8. The van der Waals surface area contributed by atoms with E-state index >= 15 is 0 Å². The first-order chi connectivity index (χ1) is 12.8. The highest BCUT2D eigenvalue weighted by Gasteiger charge is 2.10. The molecule has 0 saturated carbocycles. The molecule has 0 atom stereocenters. The summed E-state index contributed by atoms with van der Waals surface area (Å²) in [4.78, 5) is 0. The quantitative estimate of drug-likeness (QED) is 0.503. The Balaban J connectivity index is 1.51. The summed E-state index contributed by atoms with van der Waals surface area (Å²) in [5.74, 6) is -0.102. The molecule has 1 heterocycles. The number of quaternary nitrogens is 1. The average Bonchev–Trinajstić information content (AvgIpc) is 2.99. The van der Waals surface area contributed by atoms with Crippen molar-refractivity contribution in [1.29, 1.82) is 0 Å². The van der Waals surface area contributed by atoms with Gasteiger partial charge < -0.3 is 9.88 Å². The van der Waals surface area contributed by atoms with Crippen LogP contribution in [-0.4, -0.2) is 11.1 Å². The molecule has 0 unspecified atom stereocenters. The van der Waals surface area contributed by atoms with Gasteiger partial charge in [-0.05, 0) is 36.8 Å². The molecular weight excluding hydrogens is 323 g/mol. The molecule has 4 rings (SSSR count). The Bertz CT molecular complexity index is 1050. The zero-order valence-electron chi connectivity index (χ0n) is 15.1. The predicted octanol–water partition coefficient (Wildman–Crippen LogP) is 4.26. The van der Waals surface area contributed by atoms with Crippen molar-refractivity contribution in [1.82, 2.24) is 4.57 Å². The molecule has 0 amide bonds. The van der Waals surface area contributed by atoms with E-state index in [0.717, 1.165) is 31.6 Å². The zero-order valence-corrected chi connectivity index (χ0v) is 15.1. The van der Waals surface area contributed by atoms with Crippen LogP contribution in [0.15, 0.2) is 66.7 Å². The highest BCUT2D eigenvalue weighted by Crippen LogP contribution is 2.29. The minimum absolute atomic E-state index is 0.102. The van der Waals surface area contributed by atoms with Crippen molar-refractivity contribution >= 4 is 21.8 Å². The number of nitrogens with zero attached hydrogens (tertiary/aromatic N) is 1. The molecule has 132 valence electrons. The molecule has 2 nitrogen and oxygen atoms in total. The lowest BCUT2D eigenvalue weighted by Crippen LogP contribution is -2.83. The van der Waals surface area contributed by atoms with Crippen LogP contribution in [0, 0.1) is 5.82 Å². The van der Waals surface area contributed by atoms with Crippen LogP contribution in [-0.2, 0) is 19.5 Å². The Hall–Kier alpha value is -2.65. The minimum Gasteiger partial charge on any atom is -0.342 e. The van der Waals surface area contributed by atoms with Gasteiger partial charge in [0.1, 0.15) is 12.4 Å². The Labute approximate surface area is 153 Å². The molecular formula is C23H24FN2+. The first-order valence-electron chi connectivity index (χ1n) is 9.33. The third-order valence-electron chi connectivity index (χ3n) is 5.11. The Kier molecular flexibility index (Phi) is 4.72. The number of aromatic nitrogens is 1. The fourth-order valence-corrected chi connectivity index (χ4v) is 3.80. The normalized spacial score (nSPS) is 11.5. The van der Waals surface area contributed by atoms with E-state index in [0.29, 0.717) is 0 Å². The molecule has 3 heteroatoms. The topological polar surface area (TPSA) is 21.5 Å². The summed E-state index contributed by atoms with van der Waals surface area (Å²) in [5, 5.41) is 4.90. The lowest BCUT2D eigenvalue weighted by Gasteiger charge is -2.05. The molecule has 1 aromatic heterocycles. The maximum Gasteiger partial charge on any atom is 0.126 e. The van der Waals surface area contributed by atoms with Crippen molar-refractivity contribution < 1.29 is 9.71 Å². The first-order valence-corrected chi connectivity index (χ1v) is 9.33. The molecule has 26 heavy (non-hydrogen) atoms. The Morgan fingerprint density at radius 2 is 1.65 bits per heavy atom. The van der Waals surface area contributed by atoms with E-state index in [1.54, 1.807) is 6.07 Å². The molecule has 3 aromatic carbocycles. The molecule has 0 bridgehead atoms. The second-order valence-corrected chi connectivity index (χ2v) is 6.74. The summed E-state index contributed by atoms with van der Waals surface area (Å²) in [7, 11) is 0. The van der Waals surface area contributed by atoms with E-state index in [1.165, 1.54) is 33.4 Å². The van der Waals surface area contributed by atoms with Gasteiger partial charge in [0.15, 0.2) is 0 Å². The van der Waals surface area contributed by atoms with Gasteiger partial charge in [-0.3, -0.25) is 0 Å². The van der Waals surface area contributed by atoms with Gasteiger partial charge in [-0.1, -0.05) is 42.5 Å². The van der Waals surface area contributed by atoms with Crippen LogP contribution in [0.25, 0.3) is 21.8 Å². The molecule has 0 saturated heterocycles. The van der Waals surface area contributed by atoms with Crippen LogP contribution in [0.1, 0.15) is 18.1 Å². The van der Waals surface area contributed by atoms with Crippen LogP contribution in [0.5, 0.6) is 0 Å². The van der Waals surface area contributed by atoms with Gasteiger partial charge in [0.25, 0.3) is 0 Å². The van der Waals surface area contributed by atoms with E-state index in [-0.39, 0.29) is 5.82 Å². The van der Waals surface area contributed by atoms with E-state index in [9.17, 15) is 4.39 Å². The fraction of sp³-hybridized carbons (Fsp3) is 0.217. The summed E-state index contributed by atoms with van der Waals surface area (Å²) in [5.41, 5.74) is 4.70. The van der Waals surface area contributed by atoms with Crippen molar-refractivity contribution in [2.75, 3.05) is 6.54 Å². The maximum absolute atomic E-state index is 13.7. The minimum atomic E-state index is -0.102. The number of hydrogen-bond acceptors (Lipinski definition) is 0. The van der Waals surface area contributed by atoms with Crippen LogP contribution in [0.4, 0.5) is 4.39 Å². The van der Waals surface area contributed by atoms with Crippen LogP contribution in [0.3, 0.4) is 0 Å². The number of rotatable bonds is 6. The Morgan fingerprint density at radius 3 is 2.50 bits per heavy atom. The van der Waals surface area contributed by atoms with E-state index in [4.69, 9.17) is 0 Å². The molecule has 0 radical (unpaired) electrons. The highest BCUT2D eigenvalue weighted by atomic mass is 19.1. The summed E-state index contributed by atoms with van der Waals surface area (Å²) in [6.07, 6.45) is 0.754. The fourth-order valence-electron chi connectivity index (χ4n) is 3.80. The number of hydrogen-bond donors (Lipinski definition) is 1. The standard InChI is InChI=1S/C23H23FN2/c1-2-26-22-10-6-4-8-19(22)20-15-17(11-12-23(20)26)16-25-14-13-18-7-3-5-9-21(18)24/h3-12,15,25H,2,13-14,16H2,1H3/p+1. The number of nitrogens with two attached hydrogens (primary N) is 1. The van der Waals surface area contributed by atoms with Crippen molar-refractivity contribution in [3.8, 4) is 0 Å². The predicted molar refractivity (Wildman–Crippen MR) is 106 cm³/mol. The lowest BCUT2D eigenvalue weighted by atomic mass is 10.1. The molecule has 0 aliphatic heterocycles. The van der Waals surface area contributed by atoms with Gasteiger partial charge in [0.05, 0.1) is 6.54 Å². The van der Waals surface area contributed by atoms with E-state index < -0.39 is 0 Å². The van der Waals surface area contributed by atoms with Gasteiger partial charge in [-0.25, -0.2) is 4.39 Å². The van der Waals surface area contributed by atoms with Crippen molar-refractivity contribution in [3.05, 3.63) is 83.7 Å². The molecule has 0 aliphatic rings. The highest BCUT2D eigenvalue weighted by molar-refractivity contribution is 6.08. The second kappa shape index (κ2) is 7.30. The zero-order chi connectivity index (χ0) is 17.9. The summed E-state index contributed by atoms with van der Waals surface area (Å²) >= 11 is 0. The summed E-state index contributed by atoms with van der Waals surface area (Å²) < 4.78 is 16.1. The number of fused-ring (bicyclic) bond motifs is 3. The van der Waals surface area contributed by atoms with E-state index in [1.807, 2.05) is 12.1 Å². The number of halogens is 1. The average molecular weight is 347 g/mol. The lowest BCUT2D eigenvalue weighted by molar-refractivity contribution is -0.670.